The van der Waals surface area contributed by atoms with Crippen LogP contribution >= 0.6 is 0 Å². The Hall–Kier alpha value is -2.06. The molecule has 0 bridgehead atoms. The van der Waals surface area contributed by atoms with Gasteiger partial charge in [0.1, 0.15) is 5.65 Å². The molecule has 0 amide bonds. The van der Waals surface area contributed by atoms with Gasteiger partial charge in [-0.15, -0.1) is 0 Å². The second-order valence-corrected chi connectivity index (χ2v) is 9.21. The van der Waals surface area contributed by atoms with Crippen LogP contribution in [0.2, 0.25) is 0 Å². The summed E-state index contributed by atoms with van der Waals surface area (Å²) in [4.78, 5) is 7.54. The van der Waals surface area contributed by atoms with E-state index in [4.69, 9.17) is 0 Å². The van der Waals surface area contributed by atoms with Crippen molar-refractivity contribution in [3.8, 4) is 0 Å². The highest BCUT2D eigenvalue weighted by Crippen LogP contribution is 2.37. The van der Waals surface area contributed by atoms with Gasteiger partial charge in [-0.05, 0) is 31.7 Å². The van der Waals surface area contributed by atoms with E-state index >= 15 is 0 Å². The molecule has 1 saturated carbocycles. The van der Waals surface area contributed by atoms with Crippen LogP contribution in [0.3, 0.4) is 0 Å². The van der Waals surface area contributed by atoms with Crippen LogP contribution in [0.4, 0.5) is 0 Å². The third-order valence-electron chi connectivity index (χ3n) is 5.31. The van der Waals surface area contributed by atoms with Crippen LogP contribution in [0.5, 0.6) is 0 Å². The average Bonchev–Trinajstić information content (AvgIpc) is 3.39. The molecular weight excluding hydrogens is 338 g/mol. The third kappa shape index (κ3) is 2.43. The molecule has 3 aromatic rings. The number of pyridine rings is 1. The lowest BCUT2D eigenvalue weighted by Gasteiger charge is -2.32. The van der Waals surface area contributed by atoms with Gasteiger partial charge in [-0.2, -0.15) is 10.2 Å². The van der Waals surface area contributed by atoms with E-state index < -0.39 is 10.0 Å². The predicted molar refractivity (Wildman–Crippen MR) is 94.7 cm³/mol. The van der Waals surface area contributed by atoms with Gasteiger partial charge in [-0.3, -0.25) is 0 Å². The SMILES string of the molecule is O=S(=O)(C1CC1)N1CCCC(c2nncc3cnc4[nH]ccc4c23)C1. The molecular formula is C17H19N5O2S. The number of fused-ring (bicyclic) bond motifs is 3. The average molecular weight is 357 g/mol. The van der Waals surface area contributed by atoms with Crippen LogP contribution in [0, 0.1) is 0 Å². The zero-order valence-electron chi connectivity index (χ0n) is 13.7. The van der Waals surface area contributed by atoms with Crippen molar-refractivity contribution in [1.82, 2.24) is 24.5 Å². The van der Waals surface area contributed by atoms with E-state index in [1.54, 1.807) is 16.7 Å². The van der Waals surface area contributed by atoms with E-state index in [0.717, 1.165) is 53.2 Å². The molecule has 130 valence electrons. The smallest absolute Gasteiger partial charge is 0.217 e. The number of hydrogen-bond donors (Lipinski definition) is 1. The van der Waals surface area contributed by atoms with E-state index in [-0.39, 0.29) is 11.2 Å². The topological polar surface area (TPSA) is 91.8 Å². The maximum atomic E-state index is 12.6. The Labute approximate surface area is 145 Å². The summed E-state index contributed by atoms with van der Waals surface area (Å²) in [5.41, 5.74) is 1.71. The summed E-state index contributed by atoms with van der Waals surface area (Å²) in [7, 11) is -3.15. The summed E-state index contributed by atoms with van der Waals surface area (Å²) in [5.74, 6) is 0.0685. The van der Waals surface area contributed by atoms with E-state index in [9.17, 15) is 8.42 Å². The van der Waals surface area contributed by atoms with Gasteiger partial charge in [0.05, 0.1) is 17.1 Å². The highest BCUT2D eigenvalue weighted by atomic mass is 32.2. The molecule has 1 atom stereocenters. The van der Waals surface area contributed by atoms with Crippen LogP contribution in [-0.2, 0) is 10.0 Å². The lowest BCUT2D eigenvalue weighted by atomic mass is 9.92. The summed E-state index contributed by atoms with van der Waals surface area (Å²) >= 11 is 0. The standard InChI is InChI=1S/C17H19N5O2S/c23-25(24,13-3-4-13)22-7-1-2-11(10-22)16-15-12(9-20-21-16)8-19-17-14(15)5-6-18-17/h5-6,8-9,11,13H,1-4,7,10H2,(H,18,19). The fourth-order valence-corrected chi connectivity index (χ4v) is 5.79. The van der Waals surface area contributed by atoms with Crippen molar-refractivity contribution < 1.29 is 8.42 Å². The molecule has 1 N–H and O–H groups in total. The fraction of sp³-hybridized carbons (Fsp3) is 0.471. The third-order valence-corrected chi connectivity index (χ3v) is 7.68. The number of hydrogen-bond acceptors (Lipinski definition) is 5. The van der Waals surface area contributed by atoms with Crippen molar-refractivity contribution in [2.75, 3.05) is 13.1 Å². The van der Waals surface area contributed by atoms with E-state index in [1.807, 2.05) is 12.3 Å². The van der Waals surface area contributed by atoms with Crippen molar-refractivity contribution in [2.24, 2.45) is 0 Å². The molecule has 0 radical (unpaired) electrons. The molecule has 0 spiro atoms. The highest BCUT2D eigenvalue weighted by molar-refractivity contribution is 7.90. The summed E-state index contributed by atoms with van der Waals surface area (Å²) in [6.07, 6.45) is 8.77. The van der Waals surface area contributed by atoms with Gasteiger partial charge in [0.15, 0.2) is 0 Å². The molecule has 1 aliphatic heterocycles. The lowest BCUT2D eigenvalue weighted by molar-refractivity contribution is 0.312. The van der Waals surface area contributed by atoms with Gasteiger partial charge in [0.25, 0.3) is 0 Å². The number of nitrogens with zero attached hydrogens (tertiary/aromatic N) is 4. The maximum absolute atomic E-state index is 12.6. The van der Waals surface area contributed by atoms with Crippen LogP contribution in [-0.4, -0.2) is 51.2 Å². The zero-order valence-corrected chi connectivity index (χ0v) is 14.5. The first-order valence-corrected chi connectivity index (χ1v) is 10.2. The fourth-order valence-electron chi connectivity index (χ4n) is 3.87. The van der Waals surface area contributed by atoms with Gasteiger partial charge in [0, 0.05) is 47.6 Å². The van der Waals surface area contributed by atoms with Crippen LogP contribution in [0.25, 0.3) is 21.8 Å². The van der Waals surface area contributed by atoms with Crippen molar-refractivity contribution in [2.45, 2.75) is 36.9 Å². The monoisotopic (exact) mass is 357 g/mol. The highest BCUT2D eigenvalue weighted by Gasteiger charge is 2.42. The minimum Gasteiger partial charge on any atom is -0.346 e. The maximum Gasteiger partial charge on any atom is 0.217 e. The van der Waals surface area contributed by atoms with Crippen LogP contribution < -0.4 is 0 Å². The normalized spacial score (nSPS) is 22.6. The van der Waals surface area contributed by atoms with E-state index in [1.165, 1.54) is 0 Å². The summed E-state index contributed by atoms with van der Waals surface area (Å²) in [6, 6.07) is 2.00. The second-order valence-electron chi connectivity index (χ2n) is 7.00. The molecule has 1 unspecified atom stereocenters. The van der Waals surface area contributed by atoms with Crippen molar-refractivity contribution >= 4 is 31.8 Å². The Bertz CT molecular complexity index is 1060. The molecule has 2 fully saturated rings. The molecule has 7 nitrogen and oxygen atoms in total. The second kappa shape index (κ2) is 5.47. The number of rotatable bonds is 3. The van der Waals surface area contributed by atoms with Gasteiger partial charge in [-0.25, -0.2) is 17.7 Å². The van der Waals surface area contributed by atoms with Crippen LogP contribution in [0.1, 0.15) is 37.3 Å². The number of sulfonamides is 1. The van der Waals surface area contributed by atoms with E-state index in [2.05, 4.69) is 20.2 Å². The van der Waals surface area contributed by atoms with Crippen LogP contribution in [0.15, 0.2) is 24.7 Å². The molecule has 3 aromatic heterocycles. The molecule has 0 aromatic carbocycles. The number of piperidine rings is 1. The molecule has 4 heterocycles. The Kier molecular flexibility index (Phi) is 3.33. The number of aromatic amines is 1. The minimum absolute atomic E-state index is 0.0685. The first-order valence-electron chi connectivity index (χ1n) is 8.71. The predicted octanol–water partition coefficient (Wildman–Crippen LogP) is 2.18. The quantitative estimate of drug-likeness (QED) is 0.776. The molecule has 1 saturated heterocycles. The largest absolute Gasteiger partial charge is 0.346 e. The van der Waals surface area contributed by atoms with E-state index in [0.29, 0.717) is 13.1 Å². The number of H-pyrrole nitrogens is 1. The first kappa shape index (κ1) is 15.2. The molecule has 8 heteroatoms. The lowest BCUT2D eigenvalue weighted by Crippen LogP contribution is -2.41. The van der Waals surface area contributed by atoms with Gasteiger partial charge < -0.3 is 4.98 Å². The molecule has 5 rings (SSSR count). The Morgan fingerprint density at radius 1 is 1.20 bits per heavy atom. The first-order chi connectivity index (χ1) is 12.1. The zero-order chi connectivity index (χ0) is 17.0. The Balaban J connectivity index is 1.59. The Morgan fingerprint density at radius 3 is 2.92 bits per heavy atom. The summed E-state index contributed by atoms with van der Waals surface area (Å²) < 4.78 is 26.9. The number of nitrogens with one attached hydrogen (secondary N) is 1. The van der Waals surface area contributed by atoms with Crippen molar-refractivity contribution in [1.29, 1.82) is 0 Å². The van der Waals surface area contributed by atoms with Gasteiger partial charge in [0.2, 0.25) is 10.0 Å². The summed E-state index contributed by atoms with van der Waals surface area (Å²) in [6.45, 7) is 1.12. The van der Waals surface area contributed by atoms with Gasteiger partial charge >= 0.3 is 0 Å². The minimum atomic E-state index is -3.15. The summed E-state index contributed by atoms with van der Waals surface area (Å²) in [5, 5.41) is 11.4. The van der Waals surface area contributed by atoms with Crippen molar-refractivity contribution in [3.63, 3.8) is 0 Å². The molecule has 25 heavy (non-hydrogen) atoms. The van der Waals surface area contributed by atoms with Crippen molar-refractivity contribution in [3.05, 3.63) is 30.4 Å². The Morgan fingerprint density at radius 2 is 2.08 bits per heavy atom. The number of aromatic nitrogens is 4. The van der Waals surface area contributed by atoms with Gasteiger partial charge in [-0.1, -0.05) is 0 Å². The molecule has 2 aliphatic rings. The molecule has 1 aliphatic carbocycles.